The van der Waals surface area contributed by atoms with Crippen LogP contribution < -0.4 is 10.6 Å². The summed E-state index contributed by atoms with van der Waals surface area (Å²) in [6, 6.07) is 9.60. The number of hydrogen-bond donors (Lipinski definition) is 2. The van der Waals surface area contributed by atoms with E-state index in [1.54, 1.807) is 29.5 Å². The maximum absolute atomic E-state index is 13.1. The van der Waals surface area contributed by atoms with Crippen LogP contribution in [0.25, 0.3) is 5.69 Å². The van der Waals surface area contributed by atoms with E-state index in [4.69, 9.17) is 0 Å². The molecular formula is C22H24N8O2. The highest BCUT2D eigenvalue weighted by Gasteiger charge is 2.23. The van der Waals surface area contributed by atoms with Crippen molar-refractivity contribution in [3.63, 3.8) is 0 Å². The van der Waals surface area contributed by atoms with E-state index in [0.717, 1.165) is 11.3 Å². The van der Waals surface area contributed by atoms with Gasteiger partial charge < -0.3 is 10.6 Å². The molecule has 2 amide bonds. The molecular weight excluding hydrogens is 408 g/mol. The first kappa shape index (κ1) is 21.0. The summed E-state index contributed by atoms with van der Waals surface area (Å²) in [6.45, 7) is 3.94. The molecule has 0 aliphatic rings. The second-order valence-electron chi connectivity index (χ2n) is 7.48. The zero-order valence-corrected chi connectivity index (χ0v) is 18.3. The van der Waals surface area contributed by atoms with E-state index in [1.807, 2.05) is 50.5 Å². The van der Waals surface area contributed by atoms with E-state index in [1.165, 1.54) is 10.9 Å². The van der Waals surface area contributed by atoms with Gasteiger partial charge in [-0.25, -0.2) is 4.68 Å². The number of carbonyl (C=O) groups excluding carboxylic acids is 2. The molecule has 0 saturated heterocycles. The Balaban J connectivity index is 1.55. The summed E-state index contributed by atoms with van der Waals surface area (Å²) in [5.41, 5.74) is 4.07. The number of carbonyl (C=O) groups is 2. The van der Waals surface area contributed by atoms with Crippen LogP contribution in [0.3, 0.4) is 0 Å². The number of aryl methyl sites for hydroxylation is 3. The first-order valence-electron chi connectivity index (χ1n) is 10.1. The van der Waals surface area contributed by atoms with Gasteiger partial charge in [-0.2, -0.15) is 15.3 Å². The molecule has 4 aromatic rings. The minimum atomic E-state index is -0.350. The Hall–Kier alpha value is -4.21. The van der Waals surface area contributed by atoms with E-state index in [0.29, 0.717) is 29.2 Å². The summed E-state index contributed by atoms with van der Waals surface area (Å²) >= 11 is 0. The van der Waals surface area contributed by atoms with Gasteiger partial charge in [-0.1, -0.05) is 18.2 Å². The van der Waals surface area contributed by atoms with Crippen molar-refractivity contribution >= 4 is 17.5 Å². The molecule has 0 radical (unpaired) electrons. The minimum Gasteiger partial charge on any atom is -0.346 e. The fourth-order valence-corrected chi connectivity index (χ4v) is 3.60. The summed E-state index contributed by atoms with van der Waals surface area (Å²) in [4.78, 5) is 25.9. The van der Waals surface area contributed by atoms with E-state index < -0.39 is 0 Å². The van der Waals surface area contributed by atoms with Crippen molar-refractivity contribution in [2.45, 2.75) is 20.4 Å². The number of aromatic nitrogens is 6. The van der Waals surface area contributed by atoms with Crippen molar-refractivity contribution < 1.29 is 9.59 Å². The van der Waals surface area contributed by atoms with Crippen molar-refractivity contribution in [1.29, 1.82) is 0 Å². The molecule has 0 bridgehead atoms. The van der Waals surface area contributed by atoms with Crippen LogP contribution in [0.5, 0.6) is 0 Å². The fourth-order valence-electron chi connectivity index (χ4n) is 3.60. The Morgan fingerprint density at radius 1 is 1.00 bits per heavy atom. The first-order valence-corrected chi connectivity index (χ1v) is 10.1. The SMILES string of the molecule is Cc1nn(-c2ccccc2)c(C)c1C(=O)Nc1cnn(C)c1C(=O)NCc1cnn(C)c1. The molecule has 0 aliphatic carbocycles. The lowest BCUT2D eigenvalue weighted by Gasteiger charge is -2.09. The number of nitrogens with zero attached hydrogens (tertiary/aromatic N) is 6. The standard InChI is InChI=1S/C22H24N8O2/c1-14-19(15(2)30(27-14)17-8-6-5-7-9-17)21(31)26-18-12-25-29(4)20(18)22(32)23-10-16-11-24-28(3)13-16/h5-9,11-13H,10H2,1-4H3,(H,23,32)(H,26,31). The molecule has 0 spiro atoms. The lowest BCUT2D eigenvalue weighted by molar-refractivity contribution is 0.0942. The smallest absolute Gasteiger partial charge is 0.271 e. The van der Waals surface area contributed by atoms with Crippen molar-refractivity contribution in [1.82, 2.24) is 34.7 Å². The molecule has 0 saturated carbocycles. The second kappa shape index (κ2) is 8.50. The maximum atomic E-state index is 13.1. The van der Waals surface area contributed by atoms with Crippen LogP contribution in [-0.4, -0.2) is 41.2 Å². The Bertz CT molecular complexity index is 1280. The Kier molecular flexibility index (Phi) is 5.59. The van der Waals surface area contributed by atoms with Gasteiger partial charge in [0.15, 0.2) is 0 Å². The number of rotatable bonds is 6. The summed E-state index contributed by atoms with van der Waals surface area (Å²) < 4.78 is 4.83. The lowest BCUT2D eigenvalue weighted by atomic mass is 10.1. The number of benzene rings is 1. The van der Waals surface area contributed by atoms with Crippen molar-refractivity contribution in [3.05, 3.63) is 77.1 Å². The summed E-state index contributed by atoms with van der Waals surface area (Å²) in [5.74, 6) is -0.700. The number of para-hydroxylation sites is 1. The molecule has 0 unspecified atom stereocenters. The average molecular weight is 432 g/mol. The molecule has 3 heterocycles. The molecule has 0 aliphatic heterocycles. The van der Waals surface area contributed by atoms with Crippen LogP contribution in [0, 0.1) is 13.8 Å². The molecule has 3 aromatic heterocycles. The molecule has 4 rings (SSSR count). The Morgan fingerprint density at radius 2 is 1.75 bits per heavy atom. The summed E-state index contributed by atoms with van der Waals surface area (Å²) in [7, 11) is 3.46. The Labute approximate surface area is 184 Å². The van der Waals surface area contributed by atoms with Crippen LogP contribution in [0.2, 0.25) is 0 Å². The van der Waals surface area contributed by atoms with Gasteiger partial charge in [0.1, 0.15) is 5.69 Å². The van der Waals surface area contributed by atoms with Gasteiger partial charge in [-0.05, 0) is 26.0 Å². The predicted molar refractivity (Wildman–Crippen MR) is 119 cm³/mol. The number of amides is 2. The molecule has 164 valence electrons. The highest BCUT2D eigenvalue weighted by atomic mass is 16.2. The second-order valence-corrected chi connectivity index (χ2v) is 7.48. The van der Waals surface area contributed by atoms with Crippen LogP contribution in [0.15, 0.2) is 48.9 Å². The van der Waals surface area contributed by atoms with Crippen LogP contribution >= 0.6 is 0 Å². The number of anilines is 1. The van der Waals surface area contributed by atoms with Gasteiger partial charge in [0.25, 0.3) is 11.8 Å². The van der Waals surface area contributed by atoms with Gasteiger partial charge in [0.05, 0.1) is 40.7 Å². The zero-order valence-electron chi connectivity index (χ0n) is 18.3. The molecule has 1 aromatic carbocycles. The molecule has 10 heteroatoms. The van der Waals surface area contributed by atoms with Crippen LogP contribution in [-0.2, 0) is 20.6 Å². The fraction of sp³-hybridized carbons (Fsp3) is 0.227. The summed E-state index contributed by atoms with van der Waals surface area (Å²) in [6.07, 6.45) is 4.97. The lowest BCUT2D eigenvalue weighted by Crippen LogP contribution is -2.26. The third-order valence-corrected chi connectivity index (χ3v) is 5.13. The van der Waals surface area contributed by atoms with E-state index in [9.17, 15) is 9.59 Å². The van der Waals surface area contributed by atoms with E-state index in [-0.39, 0.29) is 17.5 Å². The van der Waals surface area contributed by atoms with Crippen molar-refractivity contribution in [2.75, 3.05) is 5.32 Å². The highest BCUT2D eigenvalue weighted by Crippen LogP contribution is 2.21. The molecule has 0 atom stereocenters. The van der Waals surface area contributed by atoms with E-state index in [2.05, 4.69) is 25.9 Å². The minimum absolute atomic E-state index is 0.257. The third-order valence-electron chi connectivity index (χ3n) is 5.13. The zero-order chi connectivity index (χ0) is 22.8. The topological polar surface area (TPSA) is 112 Å². The van der Waals surface area contributed by atoms with E-state index >= 15 is 0 Å². The first-order chi connectivity index (χ1) is 15.3. The highest BCUT2D eigenvalue weighted by molar-refractivity contribution is 6.09. The largest absolute Gasteiger partial charge is 0.346 e. The van der Waals surface area contributed by atoms with Gasteiger partial charge in [-0.15, -0.1) is 0 Å². The maximum Gasteiger partial charge on any atom is 0.271 e. The molecule has 0 fully saturated rings. The molecule has 2 N–H and O–H groups in total. The van der Waals surface area contributed by atoms with Crippen LogP contribution in [0.1, 0.15) is 37.8 Å². The molecule has 32 heavy (non-hydrogen) atoms. The van der Waals surface area contributed by atoms with Crippen molar-refractivity contribution in [3.8, 4) is 5.69 Å². The third kappa shape index (κ3) is 4.02. The van der Waals surface area contributed by atoms with Gasteiger partial charge in [0, 0.05) is 32.4 Å². The van der Waals surface area contributed by atoms with Gasteiger partial charge >= 0.3 is 0 Å². The average Bonchev–Trinajstić information content (AvgIpc) is 3.44. The summed E-state index contributed by atoms with van der Waals surface area (Å²) in [5, 5.41) is 18.4. The number of hydrogen-bond acceptors (Lipinski definition) is 5. The normalized spacial score (nSPS) is 10.9. The molecule has 10 nitrogen and oxygen atoms in total. The monoisotopic (exact) mass is 432 g/mol. The quantitative estimate of drug-likeness (QED) is 0.485. The number of nitrogens with one attached hydrogen (secondary N) is 2. The van der Waals surface area contributed by atoms with Gasteiger partial charge in [0.2, 0.25) is 0 Å². The Morgan fingerprint density at radius 3 is 2.44 bits per heavy atom. The van der Waals surface area contributed by atoms with Crippen molar-refractivity contribution in [2.24, 2.45) is 14.1 Å². The van der Waals surface area contributed by atoms with Crippen LogP contribution in [0.4, 0.5) is 5.69 Å². The van der Waals surface area contributed by atoms with Gasteiger partial charge in [-0.3, -0.25) is 19.0 Å². The predicted octanol–water partition coefficient (Wildman–Crippen LogP) is 2.14.